The fourth-order valence-corrected chi connectivity index (χ4v) is 5.59. The molecule has 0 aliphatic rings. The molecule has 0 aromatic rings. The molecule has 0 fully saturated rings. The van der Waals surface area contributed by atoms with Crippen molar-refractivity contribution in [2.24, 2.45) is 11.8 Å². The van der Waals surface area contributed by atoms with Crippen molar-refractivity contribution in [3.63, 3.8) is 0 Å². The molecule has 0 rings (SSSR count). The average Bonchev–Trinajstić information content (AvgIpc) is 2.02. The molecule has 0 aromatic heterocycles. The van der Waals surface area contributed by atoms with Crippen LogP contribution in [0.25, 0.3) is 0 Å². The summed E-state index contributed by atoms with van der Waals surface area (Å²) < 4.78 is 0. The van der Waals surface area contributed by atoms with E-state index in [1.165, 1.54) is 0 Å². The molecule has 92 valence electrons. The van der Waals surface area contributed by atoms with E-state index in [-0.39, 0.29) is 10.3 Å². The summed E-state index contributed by atoms with van der Waals surface area (Å²) in [5.41, 5.74) is 0. The van der Waals surface area contributed by atoms with Crippen LogP contribution < -0.4 is 0 Å². The van der Waals surface area contributed by atoms with Gasteiger partial charge in [-0.3, -0.25) is 0 Å². The van der Waals surface area contributed by atoms with Crippen molar-refractivity contribution in [3.8, 4) is 0 Å². The molecule has 0 aliphatic heterocycles. The predicted octanol–water partition coefficient (Wildman–Crippen LogP) is 4.24. The Kier molecular flexibility index (Phi) is 4.65. The summed E-state index contributed by atoms with van der Waals surface area (Å²) in [5, 5.41) is -0.313. The fraction of sp³-hybridized carbons (Fsp3) is 1.00. The summed E-state index contributed by atoms with van der Waals surface area (Å²) in [6, 6.07) is 0. The highest BCUT2D eigenvalue weighted by atomic mass is 32.4. The van der Waals surface area contributed by atoms with Gasteiger partial charge in [0.05, 0.1) is 6.26 Å². The van der Waals surface area contributed by atoms with Crippen molar-refractivity contribution in [1.82, 2.24) is 0 Å². The molecule has 1 nitrogen and oxygen atoms in total. The predicted molar refractivity (Wildman–Crippen MR) is 74.3 cm³/mol. The summed E-state index contributed by atoms with van der Waals surface area (Å²) >= 11 is 5.63. The Morgan fingerprint density at radius 3 is 1.20 bits per heavy atom. The Bertz CT molecular complexity index is 243. The lowest BCUT2D eigenvalue weighted by Gasteiger charge is -2.48. The zero-order valence-electron chi connectivity index (χ0n) is 11.5. The number of hydrogen-bond donors (Lipinski definition) is 1. The van der Waals surface area contributed by atoms with Gasteiger partial charge in [0, 0.05) is 10.3 Å². The molecule has 0 saturated carbocycles. The first-order chi connectivity index (χ1) is 6.39. The third kappa shape index (κ3) is 2.48. The fourth-order valence-electron chi connectivity index (χ4n) is 1.44. The van der Waals surface area contributed by atoms with Gasteiger partial charge in [-0.15, -0.1) is 0 Å². The minimum absolute atomic E-state index is 0.157. The van der Waals surface area contributed by atoms with Crippen LogP contribution in [0.4, 0.5) is 0 Å². The van der Waals surface area contributed by atoms with E-state index < -0.39 is 6.26 Å². The molecule has 0 aliphatic carbocycles. The van der Waals surface area contributed by atoms with E-state index in [2.05, 4.69) is 55.4 Å². The van der Waals surface area contributed by atoms with E-state index in [4.69, 9.17) is 11.8 Å². The zero-order valence-corrected chi connectivity index (χ0v) is 13.2. The van der Waals surface area contributed by atoms with Crippen LogP contribution in [-0.4, -0.2) is 15.2 Å². The molecule has 0 saturated heterocycles. The van der Waals surface area contributed by atoms with Gasteiger partial charge in [0.1, 0.15) is 0 Å². The second-order valence-corrected chi connectivity index (χ2v) is 11.2. The Balaban J connectivity index is 5.42. The van der Waals surface area contributed by atoms with Crippen molar-refractivity contribution in [3.05, 3.63) is 0 Å². The third-order valence-electron chi connectivity index (χ3n) is 4.39. The highest BCUT2D eigenvalue weighted by molar-refractivity contribution is 8.13. The van der Waals surface area contributed by atoms with Gasteiger partial charge < -0.3 is 4.89 Å². The SMILES string of the molecule is CC(C)C(C)(C)P(O)(=S)C(C)(C)C(C)C. The standard InChI is InChI=1S/C12H27OPS/c1-9(2)11(5,6)14(13,15)12(7,8)10(3)4/h9-10H,1-8H3,(H,13,15). The molecule has 0 spiro atoms. The van der Waals surface area contributed by atoms with Crippen molar-refractivity contribution >= 4 is 18.1 Å². The quantitative estimate of drug-likeness (QED) is 0.753. The van der Waals surface area contributed by atoms with Gasteiger partial charge in [0.15, 0.2) is 0 Å². The van der Waals surface area contributed by atoms with Crippen molar-refractivity contribution < 1.29 is 4.89 Å². The molecule has 0 unspecified atom stereocenters. The molecule has 3 heteroatoms. The van der Waals surface area contributed by atoms with Crippen molar-refractivity contribution in [2.75, 3.05) is 0 Å². The Morgan fingerprint density at radius 2 is 1.07 bits per heavy atom. The number of hydrogen-bond acceptors (Lipinski definition) is 1. The molecular weight excluding hydrogens is 223 g/mol. The van der Waals surface area contributed by atoms with Crippen molar-refractivity contribution in [2.45, 2.75) is 65.7 Å². The monoisotopic (exact) mass is 250 g/mol. The molecule has 0 radical (unpaired) electrons. The van der Waals surface area contributed by atoms with Crippen LogP contribution in [0.5, 0.6) is 0 Å². The molecular formula is C12H27OPS. The van der Waals surface area contributed by atoms with Gasteiger partial charge in [-0.1, -0.05) is 67.2 Å². The minimum Gasteiger partial charge on any atom is -0.364 e. The van der Waals surface area contributed by atoms with E-state index in [9.17, 15) is 4.89 Å². The van der Waals surface area contributed by atoms with Gasteiger partial charge in [-0.05, 0) is 11.8 Å². The lowest BCUT2D eigenvalue weighted by Crippen LogP contribution is -2.39. The maximum absolute atomic E-state index is 10.8. The minimum atomic E-state index is -2.38. The van der Waals surface area contributed by atoms with E-state index in [1.54, 1.807) is 0 Å². The first-order valence-electron chi connectivity index (χ1n) is 5.72. The molecule has 0 amide bonds. The van der Waals surface area contributed by atoms with Gasteiger partial charge in [-0.2, -0.15) is 0 Å². The van der Waals surface area contributed by atoms with Gasteiger partial charge in [0.25, 0.3) is 0 Å². The maximum atomic E-state index is 10.8. The second-order valence-electron chi connectivity index (χ2n) is 6.19. The van der Waals surface area contributed by atoms with Crippen LogP contribution in [0, 0.1) is 11.8 Å². The zero-order chi connectivity index (χ0) is 12.7. The van der Waals surface area contributed by atoms with Crippen LogP contribution in [0.1, 0.15) is 55.4 Å². The molecule has 0 heterocycles. The molecule has 15 heavy (non-hydrogen) atoms. The van der Waals surface area contributed by atoms with E-state index in [0.717, 1.165) is 0 Å². The first kappa shape index (κ1) is 15.6. The van der Waals surface area contributed by atoms with Crippen LogP contribution >= 0.6 is 6.26 Å². The highest BCUT2D eigenvalue weighted by Gasteiger charge is 2.48. The van der Waals surface area contributed by atoms with Crippen LogP contribution in [0.3, 0.4) is 0 Å². The summed E-state index contributed by atoms with van der Waals surface area (Å²) in [5.74, 6) is 0.817. The Morgan fingerprint density at radius 1 is 0.867 bits per heavy atom. The Hall–Kier alpha value is 0.610. The van der Waals surface area contributed by atoms with E-state index in [1.807, 2.05) is 0 Å². The lowest BCUT2D eigenvalue weighted by atomic mass is 9.98. The normalized spacial score (nSPS) is 15.1. The van der Waals surface area contributed by atoms with Crippen LogP contribution in [0.15, 0.2) is 0 Å². The molecule has 0 atom stereocenters. The highest BCUT2D eigenvalue weighted by Crippen LogP contribution is 2.68. The van der Waals surface area contributed by atoms with E-state index >= 15 is 0 Å². The summed E-state index contributed by atoms with van der Waals surface area (Å²) in [6.45, 7) is 17.0. The molecule has 0 bridgehead atoms. The molecule has 0 aromatic carbocycles. The maximum Gasteiger partial charge on any atom is 0.0746 e. The second kappa shape index (κ2) is 4.47. The largest absolute Gasteiger partial charge is 0.364 e. The summed E-state index contributed by atoms with van der Waals surface area (Å²) in [4.78, 5) is 10.8. The summed E-state index contributed by atoms with van der Waals surface area (Å²) in [7, 11) is 0. The van der Waals surface area contributed by atoms with Gasteiger partial charge >= 0.3 is 0 Å². The topological polar surface area (TPSA) is 20.2 Å². The average molecular weight is 250 g/mol. The third-order valence-corrected chi connectivity index (χ3v) is 11.4. The lowest BCUT2D eigenvalue weighted by molar-refractivity contribution is 0.391. The smallest absolute Gasteiger partial charge is 0.0746 e. The van der Waals surface area contributed by atoms with Gasteiger partial charge in [0.2, 0.25) is 0 Å². The first-order valence-corrected chi connectivity index (χ1v) is 8.47. The van der Waals surface area contributed by atoms with Gasteiger partial charge in [-0.25, -0.2) is 0 Å². The molecule has 1 N–H and O–H groups in total. The summed E-state index contributed by atoms with van der Waals surface area (Å²) in [6.07, 6.45) is -2.38. The van der Waals surface area contributed by atoms with E-state index in [0.29, 0.717) is 11.8 Å². The Labute approximate surface area is 101 Å². The van der Waals surface area contributed by atoms with Crippen molar-refractivity contribution in [1.29, 1.82) is 0 Å². The van der Waals surface area contributed by atoms with Crippen LogP contribution in [-0.2, 0) is 11.8 Å². The van der Waals surface area contributed by atoms with Crippen LogP contribution in [0.2, 0.25) is 0 Å². The number of rotatable bonds is 4.